The Labute approximate surface area is 206 Å². The maximum atomic E-state index is 4.45. The second-order valence-corrected chi connectivity index (χ2v) is 9.26. The van der Waals surface area contributed by atoms with Crippen LogP contribution in [0.1, 0.15) is 86.8 Å². The second kappa shape index (κ2) is 11.1. The number of aryl methyl sites for hydroxylation is 3. The average Bonchev–Trinajstić information content (AvgIpc) is 2.99. The van der Waals surface area contributed by atoms with Gasteiger partial charge in [-0.1, -0.05) is 63.6 Å². The molecule has 3 rings (SSSR count). The van der Waals surface area contributed by atoms with Crippen molar-refractivity contribution < 1.29 is 20.0 Å². The SMILES string of the molecule is CC1=C(C)N(c2c(C(C)C)cccc2C(C)C)[CH-]N1Cc1c(C)cc(C)cc1C.[Cl][Ag]. The van der Waals surface area contributed by atoms with Crippen molar-refractivity contribution >= 4 is 14.9 Å². The molecule has 1 aliphatic heterocycles. The Kier molecular flexibility index (Phi) is 9.33. The first kappa shape index (κ1) is 26.1. The molecule has 0 unspecified atom stereocenters. The monoisotopic (exact) mass is 531 g/mol. The first-order chi connectivity index (χ1) is 14.6. The first-order valence-electron chi connectivity index (χ1n) is 11.0. The summed E-state index contributed by atoms with van der Waals surface area (Å²) < 4.78 is 0. The van der Waals surface area contributed by atoms with Crippen molar-refractivity contribution in [1.82, 2.24) is 4.90 Å². The van der Waals surface area contributed by atoms with E-state index in [4.69, 9.17) is 0 Å². The van der Waals surface area contributed by atoms with E-state index in [1.54, 1.807) is 0 Å². The van der Waals surface area contributed by atoms with Gasteiger partial charge in [0.05, 0.1) is 0 Å². The van der Waals surface area contributed by atoms with Gasteiger partial charge < -0.3 is 9.80 Å². The molecule has 4 heteroatoms. The van der Waals surface area contributed by atoms with Gasteiger partial charge in [0.2, 0.25) is 0 Å². The van der Waals surface area contributed by atoms with E-state index < -0.39 is 0 Å². The Morgan fingerprint density at radius 1 is 0.839 bits per heavy atom. The molecule has 174 valence electrons. The molecule has 0 saturated heterocycles. The summed E-state index contributed by atoms with van der Waals surface area (Å²) in [7, 11) is 4.45. The van der Waals surface area contributed by atoms with Crippen molar-refractivity contribution in [3.05, 3.63) is 81.8 Å². The van der Waals surface area contributed by atoms with E-state index in [-0.39, 0.29) is 0 Å². The van der Waals surface area contributed by atoms with Gasteiger partial charge in [0.25, 0.3) is 0 Å². The molecule has 0 amide bonds. The van der Waals surface area contributed by atoms with E-state index in [1.165, 1.54) is 50.5 Å². The van der Waals surface area contributed by atoms with Crippen LogP contribution in [0.25, 0.3) is 0 Å². The minimum atomic E-state index is 0.487. The van der Waals surface area contributed by atoms with Crippen LogP contribution in [0.15, 0.2) is 41.7 Å². The molecule has 0 bridgehead atoms. The van der Waals surface area contributed by atoms with Gasteiger partial charge in [-0.05, 0) is 80.0 Å². The Hall–Kier alpha value is -1.19. The van der Waals surface area contributed by atoms with E-state index >= 15 is 0 Å². The molecule has 31 heavy (non-hydrogen) atoms. The van der Waals surface area contributed by atoms with Gasteiger partial charge >= 0.3 is 29.2 Å². The fourth-order valence-corrected chi connectivity index (χ4v) is 4.50. The molecule has 1 heterocycles. The van der Waals surface area contributed by atoms with Crippen LogP contribution in [0, 0.1) is 27.4 Å². The van der Waals surface area contributed by atoms with Crippen molar-refractivity contribution in [3.63, 3.8) is 0 Å². The van der Waals surface area contributed by atoms with Crippen LogP contribution in [-0.2, 0) is 26.5 Å². The molecule has 2 nitrogen and oxygen atoms in total. The summed E-state index contributed by atoms with van der Waals surface area (Å²) in [4.78, 5) is 4.85. The fraction of sp³-hybridized carbons (Fsp3) is 0.444. The molecule has 0 fully saturated rings. The van der Waals surface area contributed by atoms with Crippen LogP contribution < -0.4 is 4.90 Å². The predicted molar refractivity (Wildman–Crippen MR) is 132 cm³/mol. The molecule has 2 aromatic carbocycles. The number of hydrogen-bond acceptors (Lipinski definition) is 2. The summed E-state index contributed by atoms with van der Waals surface area (Å²) in [5.74, 6) is 0.974. The molecular formula is C27H37AgClN2-. The Bertz CT molecular complexity index is 897. The quantitative estimate of drug-likeness (QED) is 0.283. The van der Waals surface area contributed by atoms with Crippen molar-refractivity contribution in [2.75, 3.05) is 4.90 Å². The van der Waals surface area contributed by atoms with Crippen LogP contribution in [0.5, 0.6) is 0 Å². The number of hydrogen-bond donors (Lipinski definition) is 0. The molecule has 0 aromatic heterocycles. The topological polar surface area (TPSA) is 6.48 Å². The maximum absolute atomic E-state index is 4.45. The molecule has 1 aliphatic rings. The number of anilines is 1. The first-order valence-corrected chi connectivity index (χ1v) is 12.9. The van der Waals surface area contributed by atoms with Crippen molar-refractivity contribution in [1.29, 1.82) is 0 Å². The van der Waals surface area contributed by atoms with Crippen molar-refractivity contribution in [3.8, 4) is 0 Å². The summed E-state index contributed by atoms with van der Waals surface area (Å²) in [5, 5.41) is 0. The Balaban J connectivity index is 0.00000166. The molecule has 0 radical (unpaired) electrons. The molecule has 2 aromatic rings. The van der Waals surface area contributed by atoms with Gasteiger partial charge in [-0.15, -0.1) is 0 Å². The van der Waals surface area contributed by atoms with E-state index in [1.807, 2.05) is 0 Å². The van der Waals surface area contributed by atoms with Gasteiger partial charge in [-0.2, -0.15) is 6.67 Å². The van der Waals surface area contributed by atoms with Gasteiger partial charge in [0, 0.05) is 17.9 Å². The van der Waals surface area contributed by atoms with Crippen molar-refractivity contribution in [2.24, 2.45) is 0 Å². The number of nitrogens with zero attached hydrogens (tertiary/aromatic N) is 2. The van der Waals surface area contributed by atoms with Gasteiger partial charge in [0.15, 0.2) is 0 Å². The second-order valence-electron chi connectivity index (χ2n) is 9.26. The third kappa shape index (κ3) is 5.60. The molecular weight excluding hydrogens is 496 g/mol. The Morgan fingerprint density at radius 2 is 1.32 bits per heavy atom. The van der Waals surface area contributed by atoms with Crippen LogP contribution >= 0.6 is 9.19 Å². The normalized spacial score (nSPS) is 14.0. The average molecular weight is 533 g/mol. The number of allylic oxidation sites excluding steroid dienone is 2. The van der Waals surface area contributed by atoms with Crippen LogP contribution in [-0.4, -0.2) is 4.90 Å². The van der Waals surface area contributed by atoms with E-state index in [0.717, 1.165) is 6.54 Å². The van der Waals surface area contributed by atoms with E-state index in [9.17, 15) is 0 Å². The van der Waals surface area contributed by atoms with E-state index in [0.29, 0.717) is 11.8 Å². The third-order valence-electron chi connectivity index (χ3n) is 6.32. The standard InChI is InChI=1S/C27H37N2.Ag.ClH/c1-17(2)24-11-10-12-25(18(3)4)27(24)29-16-28(22(8)23(29)9)15-26-20(6)13-19(5)14-21(26)7;;/h10-14,16-18H,15H2,1-9H3;;1H/q-1;+1;/p-1. The fourth-order valence-electron chi connectivity index (χ4n) is 4.50. The zero-order chi connectivity index (χ0) is 23.5. The summed E-state index contributed by atoms with van der Waals surface area (Å²) in [5.41, 5.74) is 12.4. The molecule has 0 aliphatic carbocycles. The number of para-hydroxylation sites is 1. The number of rotatable bonds is 5. The van der Waals surface area contributed by atoms with E-state index in [2.05, 4.69) is 138 Å². The van der Waals surface area contributed by atoms with Crippen LogP contribution in [0.4, 0.5) is 5.69 Å². The molecule has 0 atom stereocenters. The Morgan fingerprint density at radius 3 is 1.77 bits per heavy atom. The molecule has 0 spiro atoms. The van der Waals surface area contributed by atoms with Gasteiger partial charge in [-0.3, -0.25) is 0 Å². The van der Waals surface area contributed by atoms with Gasteiger partial charge in [-0.25, -0.2) is 0 Å². The third-order valence-corrected chi connectivity index (χ3v) is 6.32. The van der Waals surface area contributed by atoms with Crippen molar-refractivity contribution in [2.45, 2.75) is 80.7 Å². The minimum absolute atomic E-state index is 0.487. The zero-order valence-corrected chi connectivity index (χ0v) is 22.6. The van der Waals surface area contributed by atoms with Crippen LogP contribution in [0.2, 0.25) is 0 Å². The summed E-state index contributed by atoms with van der Waals surface area (Å²) in [6, 6.07) is 11.4. The molecule has 0 N–H and O–H groups in total. The van der Waals surface area contributed by atoms with Gasteiger partial charge in [0.1, 0.15) is 0 Å². The number of benzene rings is 2. The summed E-state index contributed by atoms with van der Waals surface area (Å²) >= 11 is 2.42. The molecule has 0 saturated carbocycles. The van der Waals surface area contributed by atoms with Crippen LogP contribution in [0.3, 0.4) is 0 Å². The number of halogens is 1. The summed E-state index contributed by atoms with van der Waals surface area (Å²) in [6.45, 7) is 23.6. The predicted octanol–water partition coefficient (Wildman–Crippen LogP) is 8.24. The zero-order valence-electron chi connectivity index (χ0n) is 20.4. The summed E-state index contributed by atoms with van der Waals surface area (Å²) in [6.07, 6.45) is 0.